The standard InChI is InChI=1S/C22H32N2O2/c1-26-21-6-2-16(3-7-21)12-17-8-10-24(11-9-17)22(25)15-18-13-19-4-5-20(14-18)23-19/h2-3,6-7,17-20,23H,4-5,8-15H2,1H3. The summed E-state index contributed by atoms with van der Waals surface area (Å²) < 4.78 is 5.23. The molecule has 3 aliphatic heterocycles. The van der Waals surface area contributed by atoms with Gasteiger partial charge >= 0.3 is 0 Å². The van der Waals surface area contributed by atoms with Crippen molar-refractivity contribution in [1.29, 1.82) is 0 Å². The maximum atomic E-state index is 12.7. The second-order valence-corrected chi connectivity index (χ2v) is 8.56. The molecule has 1 aromatic carbocycles. The van der Waals surface area contributed by atoms with E-state index in [1.807, 2.05) is 12.1 Å². The molecule has 0 spiro atoms. The quantitative estimate of drug-likeness (QED) is 0.879. The summed E-state index contributed by atoms with van der Waals surface area (Å²) in [7, 11) is 1.70. The summed E-state index contributed by atoms with van der Waals surface area (Å²) in [6.45, 7) is 1.88. The van der Waals surface area contributed by atoms with Crippen LogP contribution in [0.3, 0.4) is 0 Å². The van der Waals surface area contributed by atoms with Crippen LogP contribution in [0.2, 0.25) is 0 Å². The highest BCUT2D eigenvalue weighted by atomic mass is 16.5. The van der Waals surface area contributed by atoms with Crippen molar-refractivity contribution in [3.63, 3.8) is 0 Å². The third-order valence-corrected chi connectivity index (χ3v) is 6.68. The van der Waals surface area contributed by atoms with Crippen LogP contribution in [-0.4, -0.2) is 43.1 Å². The summed E-state index contributed by atoms with van der Waals surface area (Å²) in [4.78, 5) is 14.9. The molecule has 0 aliphatic carbocycles. The molecule has 0 aromatic heterocycles. The van der Waals surface area contributed by atoms with E-state index in [1.54, 1.807) is 7.11 Å². The number of ether oxygens (including phenoxy) is 1. The van der Waals surface area contributed by atoms with Gasteiger partial charge in [0, 0.05) is 31.6 Å². The van der Waals surface area contributed by atoms with E-state index in [0.29, 0.717) is 29.8 Å². The molecule has 1 amide bonds. The van der Waals surface area contributed by atoms with Crippen LogP contribution in [0, 0.1) is 11.8 Å². The molecule has 26 heavy (non-hydrogen) atoms. The van der Waals surface area contributed by atoms with Crippen molar-refractivity contribution in [2.45, 2.75) is 63.5 Å². The second kappa shape index (κ2) is 7.99. The molecule has 142 valence electrons. The predicted molar refractivity (Wildman–Crippen MR) is 103 cm³/mol. The highest BCUT2D eigenvalue weighted by molar-refractivity contribution is 5.76. The van der Waals surface area contributed by atoms with Gasteiger partial charge in [-0.1, -0.05) is 12.1 Å². The fourth-order valence-corrected chi connectivity index (χ4v) is 5.20. The SMILES string of the molecule is COc1ccc(CC2CCN(C(=O)CC3CC4CCC(C3)N4)CC2)cc1. The van der Waals surface area contributed by atoms with Gasteiger partial charge in [-0.15, -0.1) is 0 Å². The van der Waals surface area contributed by atoms with Gasteiger partial charge in [-0.25, -0.2) is 0 Å². The minimum atomic E-state index is 0.402. The van der Waals surface area contributed by atoms with Crippen LogP contribution in [0.15, 0.2) is 24.3 Å². The minimum absolute atomic E-state index is 0.402. The van der Waals surface area contributed by atoms with Crippen molar-refractivity contribution in [2.75, 3.05) is 20.2 Å². The lowest BCUT2D eigenvalue weighted by atomic mass is 9.87. The molecule has 2 bridgehead atoms. The first-order valence-corrected chi connectivity index (χ1v) is 10.4. The van der Waals surface area contributed by atoms with Gasteiger partial charge in [0.2, 0.25) is 5.91 Å². The molecule has 3 fully saturated rings. The Morgan fingerprint density at radius 3 is 2.31 bits per heavy atom. The Morgan fingerprint density at radius 2 is 1.69 bits per heavy atom. The molecule has 0 saturated carbocycles. The molecule has 3 saturated heterocycles. The highest BCUT2D eigenvalue weighted by Gasteiger charge is 2.35. The van der Waals surface area contributed by atoms with Gasteiger partial charge in [0.25, 0.3) is 0 Å². The van der Waals surface area contributed by atoms with E-state index in [2.05, 4.69) is 22.3 Å². The summed E-state index contributed by atoms with van der Waals surface area (Å²) in [6.07, 6.45) is 9.19. The highest BCUT2D eigenvalue weighted by Crippen LogP contribution is 2.33. The molecule has 4 rings (SSSR count). The predicted octanol–water partition coefficient (Wildman–Crippen LogP) is 3.40. The lowest BCUT2D eigenvalue weighted by Gasteiger charge is -2.34. The zero-order valence-corrected chi connectivity index (χ0v) is 16.0. The average Bonchev–Trinajstić information content (AvgIpc) is 3.01. The molecule has 2 atom stereocenters. The molecule has 3 aliphatic rings. The maximum absolute atomic E-state index is 12.7. The number of nitrogens with zero attached hydrogens (tertiary/aromatic N) is 1. The zero-order valence-electron chi connectivity index (χ0n) is 16.0. The Hall–Kier alpha value is -1.55. The van der Waals surface area contributed by atoms with Gasteiger partial charge in [0.05, 0.1) is 7.11 Å². The van der Waals surface area contributed by atoms with E-state index < -0.39 is 0 Å². The summed E-state index contributed by atoms with van der Waals surface area (Å²) in [5.74, 6) is 2.63. The summed E-state index contributed by atoms with van der Waals surface area (Å²) in [5, 5.41) is 3.68. The van der Waals surface area contributed by atoms with Crippen LogP contribution in [0.1, 0.15) is 50.5 Å². The second-order valence-electron chi connectivity index (χ2n) is 8.56. The number of carbonyl (C=O) groups excluding carboxylic acids is 1. The van der Waals surface area contributed by atoms with Gasteiger partial charge in [-0.2, -0.15) is 0 Å². The number of methoxy groups -OCH3 is 1. The largest absolute Gasteiger partial charge is 0.497 e. The first kappa shape index (κ1) is 17.8. The van der Waals surface area contributed by atoms with Crippen LogP contribution in [-0.2, 0) is 11.2 Å². The van der Waals surface area contributed by atoms with Crippen LogP contribution in [0.5, 0.6) is 5.75 Å². The molecular formula is C22H32N2O2. The third kappa shape index (κ3) is 4.22. The van der Waals surface area contributed by atoms with Crippen molar-refractivity contribution in [2.24, 2.45) is 11.8 Å². The summed E-state index contributed by atoms with van der Waals surface area (Å²) in [5.41, 5.74) is 1.38. The zero-order chi connectivity index (χ0) is 17.9. The number of benzene rings is 1. The molecule has 3 heterocycles. The molecule has 4 heteroatoms. The Kier molecular flexibility index (Phi) is 5.49. The Balaban J connectivity index is 1.22. The third-order valence-electron chi connectivity index (χ3n) is 6.68. The van der Waals surface area contributed by atoms with E-state index in [0.717, 1.165) is 44.5 Å². The monoisotopic (exact) mass is 356 g/mol. The summed E-state index contributed by atoms with van der Waals surface area (Å²) in [6, 6.07) is 9.78. The molecule has 0 radical (unpaired) electrons. The molecule has 1 N–H and O–H groups in total. The molecule has 4 nitrogen and oxygen atoms in total. The smallest absolute Gasteiger partial charge is 0.222 e. The van der Waals surface area contributed by atoms with Gasteiger partial charge in [0.15, 0.2) is 0 Å². The van der Waals surface area contributed by atoms with E-state index in [9.17, 15) is 4.79 Å². The Labute approximate surface area is 157 Å². The lowest BCUT2D eigenvalue weighted by Crippen LogP contribution is -2.42. The molecule has 2 unspecified atom stereocenters. The van der Waals surface area contributed by atoms with Crippen molar-refractivity contribution >= 4 is 5.91 Å². The van der Waals surface area contributed by atoms with Gasteiger partial charge in [0.1, 0.15) is 5.75 Å². The number of likely N-dealkylation sites (tertiary alicyclic amines) is 1. The fraction of sp³-hybridized carbons (Fsp3) is 0.682. The van der Waals surface area contributed by atoms with Gasteiger partial charge < -0.3 is 15.0 Å². The van der Waals surface area contributed by atoms with Gasteiger partial charge in [-0.3, -0.25) is 4.79 Å². The first-order chi connectivity index (χ1) is 12.7. The topological polar surface area (TPSA) is 41.6 Å². The van der Waals surface area contributed by atoms with Crippen molar-refractivity contribution in [3.8, 4) is 5.75 Å². The number of hydrogen-bond donors (Lipinski definition) is 1. The minimum Gasteiger partial charge on any atom is -0.497 e. The van der Waals surface area contributed by atoms with Crippen molar-refractivity contribution < 1.29 is 9.53 Å². The van der Waals surface area contributed by atoms with Crippen molar-refractivity contribution in [1.82, 2.24) is 10.2 Å². The number of carbonyl (C=O) groups is 1. The number of hydrogen-bond acceptors (Lipinski definition) is 3. The first-order valence-electron chi connectivity index (χ1n) is 10.4. The number of amides is 1. The summed E-state index contributed by atoms with van der Waals surface area (Å²) >= 11 is 0. The van der Waals surface area contributed by atoms with Crippen LogP contribution >= 0.6 is 0 Å². The van der Waals surface area contributed by atoms with E-state index >= 15 is 0 Å². The number of rotatable bonds is 5. The molecular weight excluding hydrogens is 324 g/mol. The van der Waals surface area contributed by atoms with Crippen LogP contribution < -0.4 is 10.1 Å². The van der Waals surface area contributed by atoms with Crippen molar-refractivity contribution in [3.05, 3.63) is 29.8 Å². The fourth-order valence-electron chi connectivity index (χ4n) is 5.20. The van der Waals surface area contributed by atoms with E-state index in [-0.39, 0.29) is 0 Å². The van der Waals surface area contributed by atoms with Crippen LogP contribution in [0.4, 0.5) is 0 Å². The number of piperidine rings is 2. The molecule has 1 aromatic rings. The normalized spacial score (nSPS) is 29.0. The number of fused-ring (bicyclic) bond motifs is 2. The lowest BCUT2D eigenvalue weighted by molar-refractivity contribution is -0.133. The number of nitrogens with one attached hydrogen (secondary N) is 1. The Bertz CT molecular complexity index is 595. The average molecular weight is 357 g/mol. The van der Waals surface area contributed by atoms with Crippen LogP contribution in [0.25, 0.3) is 0 Å². The maximum Gasteiger partial charge on any atom is 0.222 e. The Morgan fingerprint density at radius 1 is 1.04 bits per heavy atom. The van der Waals surface area contributed by atoms with E-state index in [4.69, 9.17) is 4.74 Å². The van der Waals surface area contributed by atoms with Gasteiger partial charge in [-0.05, 0) is 74.5 Å². The van der Waals surface area contributed by atoms with E-state index in [1.165, 1.54) is 31.2 Å².